The molecule has 0 saturated carbocycles. The maximum Gasteiger partial charge on any atom is 0.323 e. The average molecular weight is 465 g/mol. The average Bonchev–Trinajstić information content (AvgIpc) is 3.34. The first kappa shape index (κ1) is 24.1. The first-order valence-electron chi connectivity index (χ1n) is 12.3. The van der Waals surface area contributed by atoms with E-state index in [-0.39, 0.29) is 18.0 Å². The van der Waals surface area contributed by atoms with Crippen LogP contribution < -0.4 is 20.9 Å². The van der Waals surface area contributed by atoms with E-state index in [0.29, 0.717) is 23.7 Å². The number of aryl methyl sites for hydroxylation is 2. The Bertz CT molecular complexity index is 1020. The third-order valence-corrected chi connectivity index (χ3v) is 6.90. The van der Waals surface area contributed by atoms with Crippen LogP contribution in [0.2, 0.25) is 0 Å². The molecule has 1 atom stereocenters. The Balaban J connectivity index is 1.49. The molecule has 0 aromatic heterocycles. The summed E-state index contributed by atoms with van der Waals surface area (Å²) in [5.41, 5.74) is 5.09. The number of piperidine rings is 1. The topological polar surface area (TPSA) is 82.7 Å². The lowest BCUT2D eigenvalue weighted by molar-refractivity contribution is 0.0858. The van der Waals surface area contributed by atoms with E-state index in [4.69, 9.17) is 4.74 Å². The van der Waals surface area contributed by atoms with Crippen LogP contribution in [-0.4, -0.2) is 44.3 Å². The first-order valence-corrected chi connectivity index (χ1v) is 12.3. The van der Waals surface area contributed by atoms with Crippen molar-refractivity contribution in [2.45, 2.75) is 52.6 Å². The highest BCUT2D eigenvalue weighted by Gasteiger charge is 2.23. The van der Waals surface area contributed by atoms with Crippen molar-refractivity contribution in [3.8, 4) is 0 Å². The van der Waals surface area contributed by atoms with E-state index in [2.05, 4.69) is 27.8 Å². The number of nitrogens with one attached hydrogen (secondary N) is 3. The third kappa shape index (κ3) is 6.08. The summed E-state index contributed by atoms with van der Waals surface area (Å²) >= 11 is 0. The summed E-state index contributed by atoms with van der Waals surface area (Å²) in [5, 5.41) is 8.80. The minimum Gasteiger partial charge on any atom is -0.376 e. The van der Waals surface area contributed by atoms with E-state index < -0.39 is 0 Å². The van der Waals surface area contributed by atoms with Crippen LogP contribution in [0.25, 0.3) is 0 Å². The van der Waals surface area contributed by atoms with E-state index >= 15 is 0 Å². The summed E-state index contributed by atoms with van der Waals surface area (Å²) in [7, 11) is 0. The number of urea groups is 1. The highest BCUT2D eigenvalue weighted by atomic mass is 16.5. The quantitative estimate of drug-likeness (QED) is 0.556. The fourth-order valence-corrected chi connectivity index (χ4v) is 4.54. The van der Waals surface area contributed by atoms with E-state index in [1.54, 1.807) is 6.07 Å². The highest BCUT2D eigenvalue weighted by molar-refractivity contribution is 6.04. The van der Waals surface area contributed by atoms with E-state index in [0.717, 1.165) is 62.3 Å². The molecule has 4 rings (SSSR count). The van der Waals surface area contributed by atoms with Gasteiger partial charge in [0, 0.05) is 43.3 Å². The Morgan fingerprint density at radius 3 is 2.35 bits per heavy atom. The summed E-state index contributed by atoms with van der Waals surface area (Å²) in [6, 6.07) is 11.1. The van der Waals surface area contributed by atoms with Gasteiger partial charge in [0.25, 0.3) is 5.91 Å². The van der Waals surface area contributed by atoms with Gasteiger partial charge in [-0.1, -0.05) is 13.0 Å². The second-order valence-electron chi connectivity index (χ2n) is 9.62. The van der Waals surface area contributed by atoms with Crippen LogP contribution >= 0.6 is 0 Å². The molecule has 34 heavy (non-hydrogen) atoms. The van der Waals surface area contributed by atoms with Gasteiger partial charge >= 0.3 is 6.03 Å². The number of carbonyl (C=O) groups is 2. The van der Waals surface area contributed by atoms with Gasteiger partial charge in [-0.2, -0.15) is 0 Å². The number of amides is 3. The molecule has 3 N–H and O–H groups in total. The normalized spacial score (nSPS) is 18.6. The predicted molar refractivity (Wildman–Crippen MR) is 137 cm³/mol. The molecule has 7 heteroatoms. The van der Waals surface area contributed by atoms with Crippen molar-refractivity contribution in [1.29, 1.82) is 0 Å². The van der Waals surface area contributed by atoms with Gasteiger partial charge in [-0.05, 0) is 86.9 Å². The molecule has 0 spiro atoms. The molecule has 2 aromatic carbocycles. The molecule has 7 nitrogen and oxygen atoms in total. The number of anilines is 3. The fourth-order valence-electron chi connectivity index (χ4n) is 4.54. The van der Waals surface area contributed by atoms with Gasteiger partial charge in [0.15, 0.2) is 0 Å². The van der Waals surface area contributed by atoms with Crippen LogP contribution in [0.15, 0.2) is 36.4 Å². The van der Waals surface area contributed by atoms with Crippen molar-refractivity contribution < 1.29 is 14.3 Å². The second kappa shape index (κ2) is 10.9. The lowest BCUT2D eigenvalue weighted by Gasteiger charge is -2.33. The third-order valence-electron chi connectivity index (χ3n) is 6.90. The SMILES string of the molecule is Cc1ccc(NC(=O)Nc2ccc(N3CCC(C)CC3)c(C(=O)NCC3CCCO3)c2)cc1C. The lowest BCUT2D eigenvalue weighted by atomic mass is 9.97. The molecule has 2 saturated heterocycles. The van der Waals surface area contributed by atoms with E-state index in [1.165, 1.54) is 5.56 Å². The summed E-state index contributed by atoms with van der Waals surface area (Å²) in [6.45, 7) is 9.43. The minimum atomic E-state index is -0.339. The van der Waals surface area contributed by atoms with Crippen LogP contribution in [0.5, 0.6) is 0 Å². The standard InChI is InChI=1S/C27H36N4O3/c1-18-10-12-31(13-11-18)25-9-8-22(16-24(25)26(32)28-17-23-5-4-14-34-23)30-27(33)29-21-7-6-19(2)20(3)15-21/h6-9,15-16,18,23H,4-5,10-14,17H2,1-3H3,(H,28,32)(H2,29,30,33). The lowest BCUT2D eigenvalue weighted by Crippen LogP contribution is -2.36. The molecule has 2 aliphatic rings. The zero-order valence-electron chi connectivity index (χ0n) is 20.4. The van der Waals surface area contributed by atoms with Gasteiger partial charge in [0.1, 0.15) is 0 Å². The molecular formula is C27H36N4O3. The van der Waals surface area contributed by atoms with Crippen LogP contribution in [0.1, 0.15) is 54.1 Å². The summed E-state index contributed by atoms with van der Waals surface area (Å²) in [4.78, 5) is 28.1. The maximum atomic E-state index is 13.2. The monoisotopic (exact) mass is 464 g/mol. The maximum absolute atomic E-state index is 13.2. The smallest absolute Gasteiger partial charge is 0.323 e. The van der Waals surface area contributed by atoms with Crippen molar-refractivity contribution in [3.63, 3.8) is 0 Å². The predicted octanol–water partition coefficient (Wildman–Crippen LogP) is 5.09. The van der Waals surface area contributed by atoms with Crippen molar-refractivity contribution in [1.82, 2.24) is 5.32 Å². The van der Waals surface area contributed by atoms with Gasteiger partial charge in [-0.3, -0.25) is 4.79 Å². The zero-order chi connectivity index (χ0) is 24.1. The van der Waals surface area contributed by atoms with Crippen molar-refractivity contribution in [2.75, 3.05) is 41.8 Å². The molecule has 2 aliphatic heterocycles. The number of hydrogen-bond donors (Lipinski definition) is 3. The Morgan fingerprint density at radius 2 is 1.68 bits per heavy atom. The fraction of sp³-hybridized carbons (Fsp3) is 0.481. The Hall–Kier alpha value is -3.06. The number of ether oxygens (including phenoxy) is 1. The van der Waals surface area contributed by atoms with Crippen LogP contribution in [0, 0.1) is 19.8 Å². The molecule has 2 aromatic rings. The number of rotatable bonds is 6. The second-order valence-corrected chi connectivity index (χ2v) is 9.62. The Kier molecular flexibility index (Phi) is 7.73. The summed E-state index contributed by atoms with van der Waals surface area (Å²) < 4.78 is 5.66. The number of benzene rings is 2. The molecule has 182 valence electrons. The molecule has 2 heterocycles. The van der Waals surface area contributed by atoms with E-state index in [1.807, 2.05) is 44.2 Å². The largest absolute Gasteiger partial charge is 0.376 e. The number of nitrogens with zero attached hydrogens (tertiary/aromatic N) is 1. The van der Waals surface area contributed by atoms with Crippen LogP contribution in [-0.2, 0) is 4.74 Å². The van der Waals surface area contributed by atoms with Gasteiger partial charge in [0.2, 0.25) is 0 Å². The molecule has 0 radical (unpaired) electrons. The van der Waals surface area contributed by atoms with Crippen molar-refractivity contribution in [3.05, 3.63) is 53.1 Å². The number of carbonyl (C=O) groups excluding carboxylic acids is 2. The summed E-state index contributed by atoms with van der Waals surface area (Å²) in [5.74, 6) is 0.561. The number of hydrogen-bond acceptors (Lipinski definition) is 4. The van der Waals surface area contributed by atoms with Crippen LogP contribution in [0.4, 0.5) is 21.9 Å². The molecular weight excluding hydrogens is 428 g/mol. The van der Waals surface area contributed by atoms with Gasteiger partial charge < -0.3 is 25.6 Å². The molecule has 3 amide bonds. The van der Waals surface area contributed by atoms with Gasteiger partial charge in [0.05, 0.1) is 11.7 Å². The highest BCUT2D eigenvalue weighted by Crippen LogP contribution is 2.29. The van der Waals surface area contributed by atoms with Gasteiger partial charge in [-0.15, -0.1) is 0 Å². The zero-order valence-corrected chi connectivity index (χ0v) is 20.4. The van der Waals surface area contributed by atoms with Crippen molar-refractivity contribution >= 4 is 29.0 Å². The molecule has 2 fully saturated rings. The Labute approximate surface area is 202 Å². The van der Waals surface area contributed by atoms with E-state index in [9.17, 15) is 9.59 Å². The molecule has 0 aliphatic carbocycles. The Morgan fingerprint density at radius 1 is 0.971 bits per heavy atom. The van der Waals surface area contributed by atoms with Crippen LogP contribution in [0.3, 0.4) is 0 Å². The summed E-state index contributed by atoms with van der Waals surface area (Å²) in [6.07, 6.45) is 4.29. The van der Waals surface area contributed by atoms with Gasteiger partial charge in [-0.25, -0.2) is 4.79 Å². The minimum absolute atomic E-state index is 0.0771. The first-order chi connectivity index (χ1) is 16.4. The molecule has 0 bridgehead atoms. The molecule has 1 unspecified atom stereocenters. The van der Waals surface area contributed by atoms with Crippen molar-refractivity contribution in [2.24, 2.45) is 5.92 Å².